The van der Waals surface area contributed by atoms with Crippen LogP contribution in [-0.4, -0.2) is 40.5 Å². The van der Waals surface area contributed by atoms with Gasteiger partial charge in [0.2, 0.25) is 5.91 Å². The minimum absolute atomic E-state index is 0.0405. The van der Waals surface area contributed by atoms with Crippen LogP contribution in [0.5, 0.6) is 0 Å². The van der Waals surface area contributed by atoms with Crippen LogP contribution in [0.4, 0.5) is 5.69 Å². The van der Waals surface area contributed by atoms with Gasteiger partial charge < -0.3 is 20.9 Å². The lowest BCUT2D eigenvalue weighted by atomic mass is 10.1. The van der Waals surface area contributed by atoms with E-state index in [1.807, 2.05) is 19.2 Å². The first-order chi connectivity index (χ1) is 10.8. The van der Waals surface area contributed by atoms with Gasteiger partial charge >= 0.3 is 0 Å². The van der Waals surface area contributed by atoms with Crippen LogP contribution in [0.25, 0.3) is 0 Å². The van der Waals surface area contributed by atoms with Gasteiger partial charge in [0.05, 0.1) is 12.0 Å². The molecule has 0 fully saturated rings. The summed E-state index contributed by atoms with van der Waals surface area (Å²) in [5.41, 5.74) is 3.98. The Hall–Kier alpha value is -2.41. The number of hydrogen-bond donors (Lipinski definition) is 4. The van der Waals surface area contributed by atoms with E-state index < -0.39 is 0 Å². The van der Waals surface area contributed by atoms with Crippen molar-refractivity contribution in [1.82, 2.24) is 25.6 Å². The fourth-order valence-corrected chi connectivity index (χ4v) is 2.59. The van der Waals surface area contributed by atoms with Crippen molar-refractivity contribution in [2.75, 3.05) is 25.0 Å². The van der Waals surface area contributed by atoms with Crippen LogP contribution in [0.2, 0.25) is 0 Å². The number of nitrogens with zero attached hydrogens (tertiary/aromatic N) is 2. The van der Waals surface area contributed by atoms with Crippen molar-refractivity contribution in [2.45, 2.75) is 19.4 Å². The van der Waals surface area contributed by atoms with Crippen LogP contribution in [0.1, 0.15) is 23.0 Å². The number of pyridine rings is 1. The van der Waals surface area contributed by atoms with Gasteiger partial charge in [-0.3, -0.25) is 9.78 Å². The molecule has 1 aliphatic heterocycles. The summed E-state index contributed by atoms with van der Waals surface area (Å²) in [5.74, 6) is -0.0405. The highest BCUT2D eigenvalue weighted by Gasteiger charge is 2.27. The average Bonchev–Trinajstić information content (AvgIpc) is 3.01. The number of aromatic amines is 1. The van der Waals surface area contributed by atoms with E-state index in [1.54, 1.807) is 12.5 Å². The third-order valence-corrected chi connectivity index (χ3v) is 3.77. The number of imidazole rings is 1. The topological polar surface area (TPSA) is 94.7 Å². The average molecular weight is 300 g/mol. The monoisotopic (exact) mass is 300 g/mol. The maximum atomic E-state index is 12.3. The summed E-state index contributed by atoms with van der Waals surface area (Å²) >= 11 is 0. The number of H-pyrrole nitrogens is 1. The van der Waals surface area contributed by atoms with Crippen molar-refractivity contribution in [3.05, 3.63) is 41.7 Å². The largest absolute Gasteiger partial charge is 0.383 e. The molecule has 0 radical (unpaired) electrons. The van der Waals surface area contributed by atoms with E-state index in [-0.39, 0.29) is 11.9 Å². The zero-order chi connectivity index (χ0) is 15.4. The quantitative estimate of drug-likeness (QED) is 0.604. The molecule has 1 atom stereocenters. The first-order valence-electron chi connectivity index (χ1n) is 7.43. The molecule has 2 aromatic rings. The van der Waals surface area contributed by atoms with Gasteiger partial charge in [-0.1, -0.05) is 0 Å². The van der Waals surface area contributed by atoms with Gasteiger partial charge in [-0.25, -0.2) is 4.98 Å². The Kier molecular flexibility index (Phi) is 4.34. The molecule has 116 valence electrons. The van der Waals surface area contributed by atoms with E-state index in [2.05, 4.69) is 30.9 Å². The molecule has 2 aromatic heterocycles. The number of anilines is 1. The normalized spacial score (nSPS) is 16.9. The predicted molar refractivity (Wildman–Crippen MR) is 83.5 cm³/mol. The predicted octanol–water partition coefficient (Wildman–Crippen LogP) is 0.528. The second-order valence-electron chi connectivity index (χ2n) is 5.31. The van der Waals surface area contributed by atoms with Crippen LogP contribution in [0.15, 0.2) is 24.8 Å². The molecule has 3 rings (SSSR count). The molecule has 3 heterocycles. The van der Waals surface area contributed by atoms with E-state index >= 15 is 0 Å². The second kappa shape index (κ2) is 6.57. The van der Waals surface area contributed by atoms with Crippen LogP contribution in [0.3, 0.4) is 0 Å². The van der Waals surface area contributed by atoms with Gasteiger partial charge in [-0.15, -0.1) is 0 Å². The first-order valence-corrected chi connectivity index (χ1v) is 7.43. The highest BCUT2D eigenvalue weighted by atomic mass is 16.2. The zero-order valence-electron chi connectivity index (χ0n) is 12.5. The summed E-state index contributed by atoms with van der Waals surface area (Å²) in [6, 6.07) is 1.56. The Balaban J connectivity index is 1.49. The highest BCUT2D eigenvalue weighted by Crippen LogP contribution is 2.19. The van der Waals surface area contributed by atoms with Gasteiger partial charge in [0.1, 0.15) is 6.04 Å². The molecule has 0 bridgehead atoms. The molecular weight excluding hydrogens is 280 g/mol. The van der Waals surface area contributed by atoms with Crippen molar-refractivity contribution in [2.24, 2.45) is 0 Å². The lowest BCUT2D eigenvalue weighted by Gasteiger charge is -2.22. The first kappa shape index (κ1) is 14.5. The number of amides is 1. The molecule has 7 nitrogen and oxygen atoms in total. The minimum Gasteiger partial charge on any atom is -0.383 e. The fraction of sp³-hybridized carbons (Fsp3) is 0.400. The van der Waals surface area contributed by atoms with Gasteiger partial charge in [0.15, 0.2) is 0 Å². The number of rotatable bonds is 5. The smallest absolute Gasteiger partial charge is 0.243 e. The molecule has 7 heteroatoms. The van der Waals surface area contributed by atoms with Gasteiger partial charge in [-0.05, 0) is 18.6 Å². The van der Waals surface area contributed by atoms with Gasteiger partial charge in [0, 0.05) is 49.8 Å². The number of aromatic nitrogens is 3. The van der Waals surface area contributed by atoms with Crippen LogP contribution in [0, 0.1) is 6.92 Å². The van der Waals surface area contributed by atoms with Crippen molar-refractivity contribution < 1.29 is 4.79 Å². The molecule has 4 N–H and O–H groups in total. The third-order valence-electron chi connectivity index (χ3n) is 3.77. The third kappa shape index (κ3) is 3.09. The summed E-state index contributed by atoms with van der Waals surface area (Å²) in [6.45, 7) is 4.00. The maximum Gasteiger partial charge on any atom is 0.243 e. The number of aryl methyl sites for hydroxylation is 1. The Morgan fingerprint density at radius 3 is 3.23 bits per heavy atom. The Morgan fingerprint density at radius 1 is 1.45 bits per heavy atom. The van der Waals surface area contributed by atoms with Gasteiger partial charge in [0.25, 0.3) is 0 Å². The van der Waals surface area contributed by atoms with E-state index in [9.17, 15) is 4.79 Å². The fourth-order valence-electron chi connectivity index (χ4n) is 2.59. The van der Waals surface area contributed by atoms with E-state index in [4.69, 9.17) is 0 Å². The summed E-state index contributed by atoms with van der Waals surface area (Å²) < 4.78 is 0. The number of nitrogens with one attached hydrogen (secondary N) is 4. The minimum atomic E-state index is -0.363. The standard InChI is InChI=1S/C15H20N6O/c1-10-8-16-4-2-11(10)17-6-7-19-15(22)14-13-12(3-5-18-14)20-9-21-13/h2,4,8-9,14,18H,3,5-7H2,1H3,(H,16,17)(H,19,22)(H,20,21). The molecule has 22 heavy (non-hydrogen) atoms. The molecule has 1 unspecified atom stereocenters. The number of carbonyl (C=O) groups is 1. The Labute approximate surface area is 128 Å². The number of carbonyl (C=O) groups excluding carboxylic acids is 1. The molecule has 1 aliphatic rings. The van der Waals surface area contributed by atoms with E-state index in [1.165, 1.54) is 0 Å². The Morgan fingerprint density at radius 2 is 2.36 bits per heavy atom. The molecule has 1 amide bonds. The van der Waals surface area contributed by atoms with E-state index in [0.29, 0.717) is 13.1 Å². The van der Waals surface area contributed by atoms with Crippen LogP contribution < -0.4 is 16.0 Å². The highest BCUT2D eigenvalue weighted by molar-refractivity contribution is 5.83. The molecule has 0 saturated heterocycles. The Bertz CT molecular complexity index is 653. The number of hydrogen-bond acceptors (Lipinski definition) is 5. The summed E-state index contributed by atoms with van der Waals surface area (Å²) in [6.07, 6.45) is 6.08. The molecular formula is C15H20N6O. The molecule has 0 aromatic carbocycles. The lowest BCUT2D eigenvalue weighted by Crippen LogP contribution is -2.42. The maximum absolute atomic E-state index is 12.3. The van der Waals surface area contributed by atoms with Crippen molar-refractivity contribution in [1.29, 1.82) is 0 Å². The van der Waals surface area contributed by atoms with Crippen LogP contribution >= 0.6 is 0 Å². The van der Waals surface area contributed by atoms with E-state index in [0.717, 1.165) is 35.6 Å². The summed E-state index contributed by atoms with van der Waals surface area (Å²) in [5, 5.41) is 9.43. The van der Waals surface area contributed by atoms with Crippen molar-refractivity contribution in [3.8, 4) is 0 Å². The SMILES string of the molecule is Cc1cnccc1NCCNC(=O)C1NCCc2[nH]cnc21. The molecule has 0 spiro atoms. The van der Waals surface area contributed by atoms with Gasteiger partial charge in [-0.2, -0.15) is 0 Å². The van der Waals surface area contributed by atoms with Crippen LogP contribution in [-0.2, 0) is 11.2 Å². The summed E-state index contributed by atoms with van der Waals surface area (Å²) in [7, 11) is 0. The number of fused-ring (bicyclic) bond motifs is 1. The molecule has 0 aliphatic carbocycles. The second-order valence-corrected chi connectivity index (χ2v) is 5.31. The zero-order valence-corrected chi connectivity index (χ0v) is 12.5. The molecule has 0 saturated carbocycles. The van der Waals surface area contributed by atoms with Crippen molar-refractivity contribution in [3.63, 3.8) is 0 Å². The summed E-state index contributed by atoms with van der Waals surface area (Å²) in [4.78, 5) is 23.7. The lowest BCUT2D eigenvalue weighted by molar-refractivity contribution is -0.123. The van der Waals surface area contributed by atoms with Crippen molar-refractivity contribution >= 4 is 11.6 Å².